The predicted octanol–water partition coefficient (Wildman–Crippen LogP) is 1.43. The van der Waals surface area contributed by atoms with Crippen molar-refractivity contribution in [3.05, 3.63) is 37.1 Å². The van der Waals surface area contributed by atoms with Gasteiger partial charge in [-0.25, -0.2) is 4.79 Å². The second-order valence-corrected chi connectivity index (χ2v) is 5.91. The maximum Gasteiger partial charge on any atom is 0.350 e. The van der Waals surface area contributed by atoms with Crippen LogP contribution < -0.4 is 11.2 Å². The monoisotopic (exact) mass is 313 g/mol. The van der Waals surface area contributed by atoms with E-state index >= 15 is 0 Å². The first-order valence-corrected chi connectivity index (χ1v) is 7.67. The summed E-state index contributed by atoms with van der Waals surface area (Å²) >= 11 is 4.36. The van der Waals surface area contributed by atoms with Crippen molar-refractivity contribution in [2.24, 2.45) is 5.41 Å². The van der Waals surface area contributed by atoms with Gasteiger partial charge in [-0.3, -0.25) is 24.0 Å². The van der Waals surface area contributed by atoms with Crippen LogP contribution in [0.25, 0.3) is 0 Å². The van der Waals surface area contributed by atoms with Gasteiger partial charge in [0.1, 0.15) is 0 Å². The molecule has 0 saturated heterocycles. The minimum Gasteiger partial charge on any atom is -0.294 e. The van der Waals surface area contributed by atoms with Crippen LogP contribution >= 0.6 is 12.6 Å². The molecule has 1 saturated carbocycles. The van der Waals surface area contributed by atoms with Gasteiger partial charge >= 0.3 is 16.9 Å². The van der Waals surface area contributed by atoms with Crippen LogP contribution in [0.3, 0.4) is 0 Å². The van der Waals surface area contributed by atoms with Crippen molar-refractivity contribution in [2.45, 2.75) is 45.7 Å². The number of nitrogens with zero attached hydrogens (tertiary/aromatic N) is 3. The molecule has 1 heterocycles. The molecule has 0 spiro atoms. The second-order valence-electron chi connectivity index (χ2n) is 5.60. The Morgan fingerprint density at radius 3 is 2.48 bits per heavy atom. The number of hydrogen-bond acceptors (Lipinski definition) is 5. The van der Waals surface area contributed by atoms with Crippen molar-refractivity contribution >= 4 is 18.3 Å². The third-order valence-electron chi connectivity index (χ3n) is 4.25. The summed E-state index contributed by atoms with van der Waals surface area (Å²) in [6.07, 6.45) is 4.87. The van der Waals surface area contributed by atoms with Crippen LogP contribution in [0.15, 0.2) is 15.8 Å². The van der Waals surface area contributed by atoms with E-state index in [1.165, 1.54) is 4.57 Å². The summed E-state index contributed by atoms with van der Waals surface area (Å²) in [6.45, 7) is 2.20. The summed E-state index contributed by atoms with van der Waals surface area (Å²) in [5.74, 6) is 0.563. The fourth-order valence-electron chi connectivity index (χ4n) is 2.96. The molecule has 0 unspecified atom stereocenters. The van der Waals surface area contributed by atoms with E-state index in [2.05, 4.69) is 12.6 Å². The summed E-state index contributed by atoms with van der Waals surface area (Å²) in [7, 11) is 0. The van der Waals surface area contributed by atoms with Gasteiger partial charge in [0.2, 0.25) is 0 Å². The maximum absolute atomic E-state index is 12.3. The highest BCUT2D eigenvalue weighted by atomic mass is 32.1. The Bertz CT molecular complexity index is 658. The Balaban J connectivity index is 2.57. The van der Waals surface area contributed by atoms with E-state index in [-0.39, 0.29) is 18.5 Å². The maximum atomic E-state index is 12.3. The number of hydrogen-bond donors (Lipinski definition) is 1. The average molecular weight is 313 g/mol. The van der Waals surface area contributed by atoms with Gasteiger partial charge in [-0.2, -0.15) is 12.6 Å². The first-order chi connectivity index (χ1) is 9.94. The van der Waals surface area contributed by atoms with E-state index < -0.39 is 21.9 Å². The van der Waals surface area contributed by atoms with Crippen LogP contribution in [0.1, 0.15) is 32.6 Å². The quantitative estimate of drug-likeness (QED) is 0.506. The van der Waals surface area contributed by atoms with Crippen LogP contribution in [0.2, 0.25) is 0 Å². The van der Waals surface area contributed by atoms with Crippen LogP contribution in [-0.2, 0) is 13.1 Å². The first kappa shape index (κ1) is 15.8. The lowest BCUT2D eigenvalue weighted by atomic mass is 9.88. The molecule has 0 radical (unpaired) electrons. The number of rotatable bonds is 5. The number of aryl methyl sites for hydroxylation is 1. The SMILES string of the molecule is CCn1cc([N+](=O)[O-])c(=O)n(CC2(CS)CCCC2)c1=O. The zero-order valence-corrected chi connectivity index (χ0v) is 12.8. The van der Waals surface area contributed by atoms with Gasteiger partial charge < -0.3 is 0 Å². The van der Waals surface area contributed by atoms with Gasteiger partial charge in [0, 0.05) is 13.1 Å². The van der Waals surface area contributed by atoms with Crippen molar-refractivity contribution in [1.82, 2.24) is 9.13 Å². The highest BCUT2D eigenvalue weighted by Gasteiger charge is 2.35. The van der Waals surface area contributed by atoms with Gasteiger partial charge in [-0.1, -0.05) is 12.8 Å². The molecular formula is C13H19N3O4S. The summed E-state index contributed by atoms with van der Waals surface area (Å²) in [6, 6.07) is 0. The van der Waals surface area contributed by atoms with E-state index in [1.807, 2.05) is 0 Å². The highest BCUT2D eigenvalue weighted by Crippen LogP contribution is 2.40. The summed E-state index contributed by atoms with van der Waals surface area (Å²) in [5.41, 5.74) is -2.07. The Kier molecular flexibility index (Phi) is 4.55. The van der Waals surface area contributed by atoms with Crippen molar-refractivity contribution in [2.75, 3.05) is 5.75 Å². The van der Waals surface area contributed by atoms with Gasteiger partial charge in [0.15, 0.2) is 0 Å². The highest BCUT2D eigenvalue weighted by molar-refractivity contribution is 7.80. The lowest BCUT2D eigenvalue weighted by Crippen LogP contribution is -2.44. The molecule has 0 amide bonds. The van der Waals surface area contributed by atoms with E-state index in [0.29, 0.717) is 5.75 Å². The smallest absolute Gasteiger partial charge is 0.294 e. The van der Waals surface area contributed by atoms with Gasteiger partial charge in [-0.15, -0.1) is 0 Å². The number of aromatic nitrogens is 2. The molecule has 2 rings (SSSR count). The Hall–Kier alpha value is -1.57. The molecule has 0 N–H and O–H groups in total. The fraction of sp³-hybridized carbons (Fsp3) is 0.692. The zero-order valence-electron chi connectivity index (χ0n) is 11.9. The largest absolute Gasteiger partial charge is 0.350 e. The second kappa shape index (κ2) is 6.05. The molecule has 8 heteroatoms. The van der Waals surface area contributed by atoms with Crippen LogP contribution in [0.4, 0.5) is 5.69 Å². The van der Waals surface area contributed by atoms with Crippen molar-refractivity contribution in [3.63, 3.8) is 0 Å². The molecule has 1 aromatic rings. The minimum absolute atomic E-state index is 0.204. The van der Waals surface area contributed by atoms with E-state index in [4.69, 9.17) is 0 Å². The van der Waals surface area contributed by atoms with E-state index in [0.717, 1.165) is 36.4 Å². The van der Waals surface area contributed by atoms with Gasteiger partial charge in [0.25, 0.3) is 0 Å². The van der Waals surface area contributed by atoms with E-state index in [9.17, 15) is 19.7 Å². The van der Waals surface area contributed by atoms with E-state index in [1.54, 1.807) is 6.92 Å². The number of nitro groups is 1. The molecule has 7 nitrogen and oxygen atoms in total. The van der Waals surface area contributed by atoms with Gasteiger partial charge in [0.05, 0.1) is 11.1 Å². The number of thiol groups is 1. The van der Waals surface area contributed by atoms with Crippen molar-refractivity contribution in [3.8, 4) is 0 Å². The van der Waals surface area contributed by atoms with Crippen LogP contribution in [0, 0.1) is 15.5 Å². The Morgan fingerprint density at radius 2 is 2.00 bits per heavy atom. The Labute approximate surface area is 127 Å². The summed E-state index contributed by atoms with van der Waals surface area (Å²) in [4.78, 5) is 34.8. The molecule has 1 fully saturated rings. The normalized spacial score (nSPS) is 17.0. The van der Waals surface area contributed by atoms with Crippen molar-refractivity contribution < 1.29 is 4.92 Å². The topological polar surface area (TPSA) is 87.1 Å². The molecule has 0 aliphatic heterocycles. The first-order valence-electron chi connectivity index (χ1n) is 7.03. The van der Waals surface area contributed by atoms with Gasteiger partial charge in [-0.05, 0) is 30.9 Å². The summed E-state index contributed by atoms with van der Waals surface area (Å²) < 4.78 is 2.23. The third-order valence-corrected chi connectivity index (χ3v) is 4.92. The Morgan fingerprint density at radius 1 is 1.38 bits per heavy atom. The zero-order chi connectivity index (χ0) is 15.6. The lowest BCUT2D eigenvalue weighted by Gasteiger charge is -2.27. The van der Waals surface area contributed by atoms with Crippen LogP contribution in [0.5, 0.6) is 0 Å². The molecule has 0 aromatic carbocycles. The molecular weight excluding hydrogens is 294 g/mol. The molecule has 1 aliphatic rings. The molecule has 1 aromatic heterocycles. The standard InChI is InChI=1S/C13H19N3O4S/c1-2-14-7-10(16(19)20)11(17)15(12(14)18)8-13(9-21)5-3-4-6-13/h7,21H,2-6,8-9H2,1H3. The third kappa shape index (κ3) is 2.90. The fourth-order valence-corrected chi connectivity index (χ4v) is 3.37. The molecule has 116 valence electrons. The minimum atomic E-state index is -0.817. The summed E-state index contributed by atoms with van der Waals surface area (Å²) in [5, 5.41) is 11.0. The molecule has 0 bridgehead atoms. The lowest BCUT2D eigenvalue weighted by molar-refractivity contribution is -0.387. The van der Waals surface area contributed by atoms with Crippen LogP contribution in [-0.4, -0.2) is 19.8 Å². The average Bonchev–Trinajstić information content (AvgIpc) is 2.92. The molecule has 0 atom stereocenters. The van der Waals surface area contributed by atoms with Crippen molar-refractivity contribution in [1.29, 1.82) is 0 Å². The predicted molar refractivity (Wildman–Crippen MR) is 82.0 cm³/mol. The molecule has 1 aliphatic carbocycles. The molecule has 21 heavy (non-hydrogen) atoms.